The molecule has 0 aromatic heterocycles. The summed E-state index contributed by atoms with van der Waals surface area (Å²) >= 11 is 0. The highest BCUT2D eigenvalue weighted by atomic mass is 16.5. The van der Waals surface area contributed by atoms with Gasteiger partial charge in [-0.2, -0.15) is 0 Å². The van der Waals surface area contributed by atoms with Gasteiger partial charge in [0.2, 0.25) is 0 Å². The van der Waals surface area contributed by atoms with Crippen molar-refractivity contribution < 1.29 is 4.74 Å². The van der Waals surface area contributed by atoms with Crippen LogP contribution in [0.25, 0.3) is 0 Å². The molecule has 0 heterocycles. The first-order valence-electron chi connectivity index (χ1n) is 6.30. The van der Waals surface area contributed by atoms with E-state index in [-0.39, 0.29) is 6.10 Å². The van der Waals surface area contributed by atoms with E-state index in [1.54, 1.807) is 0 Å². The van der Waals surface area contributed by atoms with E-state index in [9.17, 15) is 0 Å². The number of hydrogen-bond acceptors (Lipinski definition) is 3. The Hall–Kier alpha value is -0.900. The third-order valence-corrected chi connectivity index (χ3v) is 2.79. The summed E-state index contributed by atoms with van der Waals surface area (Å²) in [7, 11) is 2.13. The standard InChI is InChI=1S/C14H24N2O/c1-3-17-14(11-15)9-10-16(2)12-13-7-5-4-6-8-13/h4-8,14H,3,9-12,15H2,1-2H3. The first kappa shape index (κ1) is 14.2. The van der Waals surface area contributed by atoms with Crippen LogP contribution in [-0.2, 0) is 11.3 Å². The maximum absolute atomic E-state index is 5.65. The van der Waals surface area contributed by atoms with Crippen LogP contribution in [0.15, 0.2) is 30.3 Å². The van der Waals surface area contributed by atoms with E-state index < -0.39 is 0 Å². The van der Waals surface area contributed by atoms with Crippen LogP contribution >= 0.6 is 0 Å². The fraction of sp³-hybridized carbons (Fsp3) is 0.571. The molecule has 2 N–H and O–H groups in total. The zero-order valence-corrected chi connectivity index (χ0v) is 10.9. The molecule has 0 fully saturated rings. The van der Waals surface area contributed by atoms with Gasteiger partial charge in [0.1, 0.15) is 0 Å². The smallest absolute Gasteiger partial charge is 0.0709 e. The highest BCUT2D eigenvalue weighted by molar-refractivity contribution is 5.14. The van der Waals surface area contributed by atoms with E-state index >= 15 is 0 Å². The topological polar surface area (TPSA) is 38.5 Å². The van der Waals surface area contributed by atoms with Crippen molar-refractivity contribution in [2.24, 2.45) is 5.73 Å². The van der Waals surface area contributed by atoms with Gasteiger partial charge in [-0.25, -0.2) is 0 Å². The van der Waals surface area contributed by atoms with Crippen molar-refractivity contribution in [2.75, 3.05) is 26.7 Å². The molecule has 1 aromatic rings. The fourth-order valence-electron chi connectivity index (χ4n) is 1.84. The lowest BCUT2D eigenvalue weighted by Crippen LogP contribution is -2.29. The minimum atomic E-state index is 0.193. The second kappa shape index (κ2) is 8.23. The van der Waals surface area contributed by atoms with Gasteiger partial charge < -0.3 is 15.4 Å². The summed E-state index contributed by atoms with van der Waals surface area (Å²) < 4.78 is 5.54. The highest BCUT2D eigenvalue weighted by Crippen LogP contribution is 2.05. The Morgan fingerprint density at radius 2 is 2.00 bits per heavy atom. The zero-order valence-electron chi connectivity index (χ0n) is 10.9. The third-order valence-electron chi connectivity index (χ3n) is 2.79. The monoisotopic (exact) mass is 236 g/mol. The Balaban J connectivity index is 2.27. The molecule has 0 saturated heterocycles. The van der Waals surface area contributed by atoms with Crippen LogP contribution in [0, 0.1) is 0 Å². The Kier molecular flexibility index (Phi) is 6.86. The van der Waals surface area contributed by atoms with Gasteiger partial charge in [0.05, 0.1) is 6.10 Å². The molecule has 1 atom stereocenters. The average Bonchev–Trinajstić information content (AvgIpc) is 2.35. The van der Waals surface area contributed by atoms with Crippen LogP contribution in [0.2, 0.25) is 0 Å². The summed E-state index contributed by atoms with van der Waals surface area (Å²) in [6.07, 6.45) is 1.19. The number of nitrogens with zero attached hydrogens (tertiary/aromatic N) is 1. The number of rotatable bonds is 8. The Morgan fingerprint density at radius 1 is 1.29 bits per heavy atom. The van der Waals surface area contributed by atoms with Crippen LogP contribution in [0.5, 0.6) is 0 Å². The predicted octanol–water partition coefficient (Wildman–Crippen LogP) is 1.87. The molecule has 0 amide bonds. The molecule has 96 valence electrons. The van der Waals surface area contributed by atoms with Crippen LogP contribution in [0.1, 0.15) is 18.9 Å². The van der Waals surface area contributed by atoms with Crippen molar-refractivity contribution in [3.8, 4) is 0 Å². The minimum Gasteiger partial charge on any atom is -0.377 e. The Morgan fingerprint density at radius 3 is 2.59 bits per heavy atom. The Labute approximate surface area is 105 Å². The van der Waals surface area contributed by atoms with Crippen molar-refractivity contribution in [1.29, 1.82) is 0 Å². The van der Waals surface area contributed by atoms with Crippen LogP contribution in [-0.4, -0.2) is 37.7 Å². The fourth-order valence-corrected chi connectivity index (χ4v) is 1.84. The first-order valence-corrected chi connectivity index (χ1v) is 6.30. The van der Waals surface area contributed by atoms with Crippen molar-refractivity contribution in [3.05, 3.63) is 35.9 Å². The highest BCUT2D eigenvalue weighted by Gasteiger charge is 2.07. The predicted molar refractivity (Wildman–Crippen MR) is 71.9 cm³/mol. The summed E-state index contributed by atoms with van der Waals surface area (Å²) in [6.45, 7) is 5.34. The molecule has 0 saturated carbocycles. The number of ether oxygens (including phenoxy) is 1. The summed E-state index contributed by atoms with van der Waals surface area (Å²) in [6, 6.07) is 10.5. The lowest BCUT2D eigenvalue weighted by molar-refractivity contribution is 0.0559. The van der Waals surface area contributed by atoms with Gasteiger partial charge in [0, 0.05) is 26.2 Å². The van der Waals surface area contributed by atoms with E-state index in [1.165, 1.54) is 5.56 Å². The third kappa shape index (κ3) is 5.82. The quantitative estimate of drug-likeness (QED) is 0.749. The maximum atomic E-state index is 5.65. The zero-order chi connectivity index (χ0) is 12.5. The van der Waals surface area contributed by atoms with Crippen LogP contribution in [0.3, 0.4) is 0 Å². The molecule has 0 aliphatic rings. The summed E-state index contributed by atoms with van der Waals surface area (Å²) in [5, 5.41) is 0. The largest absolute Gasteiger partial charge is 0.377 e. The van der Waals surface area contributed by atoms with Gasteiger partial charge in [-0.15, -0.1) is 0 Å². The minimum absolute atomic E-state index is 0.193. The van der Waals surface area contributed by atoms with Crippen molar-refractivity contribution in [2.45, 2.75) is 26.0 Å². The molecule has 0 aliphatic heterocycles. The number of nitrogens with two attached hydrogens (primary N) is 1. The number of benzene rings is 1. The van der Waals surface area contributed by atoms with E-state index in [2.05, 4.69) is 36.2 Å². The molecule has 3 heteroatoms. The summed E-state index contributed by atoms with van der Waals surface area (Å²) in [4.78, 5) is 2.30. The van der Waals surface area contributed by atoms with Gasteiger partial charge in [-0.1, -0.05) is 30.3 Å². The van der Waals surface area contributed by atoms with Crippen molar-refractivity contribution >= 4 is 0 Å². The van der Waals surface area contributed by atoms with Gasteiger partial charge in [0.15, 0.2) is 0 Å². The second-order valence-corrected chi connectivity index (χ2v) is 4.33. The molecule has 17 heavy (non-hydrogen) atoms. The molecule has 3 nitrogen and oxygen atoms in total. The molecule has 1 aromatic carbocycles. The van der Waals surface area contributed by atoms with Gasteiger partial charge >= 0.3 is 0 Å². The first-order chi connectivity index (χ1) is 8.26. The SMILES string of the molecule is CCOC(CN)CCN(C)Cc1ccccc1. The summed E-state index contributed by atoms with van der Waals surface area (Å²) in [5.41, 5.74) is 7.00. The molecule has 0 radical (unpaired) electrons. The lowest BCUT2D eigenvalue weighted by Gasteiger charge is -2.20. The lowest BCUT2D eigenvalue weighted by atomic mass is 10.2. The van der Waals surface area contributed by atoms with E-state index in [0.29, 0.717) is 6.54 Å². The molecule has 0 aliphatic carbocycles. The van der Waals surface area contributed by atoms with Gasteiger partial charge in [0.25, 0.3) is 0 Å². The van der Waals surface area contributed by atoms with E-state index in [4.69, 9.17) is 10.5 Å². The average molecular weight is 236 g/mol. The normalized spacial score (nSPS) is 12.9. The number of hydrogen-bond donors (Lipinski definition) is 1. The molecule has 0 bridgehead atoms. The molecule has 1 unspecified atom stereocenters. The maximum Gasteiger partial charge on any atom is 0.0709 e. The Bertz CT molecular complexity index is 290. The van der Waals surface area contributed by atoms with Crippen molar-refractivity contribution in [3.63, 3.8) is 0 Å². The summed E-state index contributed by atoms with van der Waals surface area (Å²) in [5.74, 6) is 0. The molecule has 0 spiro atoms. The van der Waals surface area contributed by atoms with E-state index in [0.717, 1.165) is 26.1 Å². The molecular formula is C14H24N2O. The van der Waals surface area contributed by atoms with E-state index in [1.807, 2.05) is 13.0 Å². The molecular weight excluding hydrogens is 212 g/mol. The molecule has 1 rings (SSSR count). The van der Waals surface area contributed by atoms with Crippen LogP contribution < -0.4 is 5.73 Å². The van der Waals surface area contributed by atoms with Gasteiger partial charge in [-0.3, -0.25) is 0 Å². The van der Waals surface area contributed by atoms with Crippen LogP contribution in [0.4, 0.5) is 0 Å². The van der Waals surface area contributed by atoms with Crippen molar-refractivity contribution in [1.82, 2.24) is 4.90 Å². The second-order valence-electron chi connectivity index (χ2n) is 4.33. The van der Waals surface area contributed by atoms with Gasteiger partial charge in [-0.05, 0) is 26.0 Å².